The highest BCUT2D eigenvalue weighted by atomic mass is 16.5. The minimum absolute atomic E-state index is 0.210. The van der Waals surface area contributed by atoms with Crippen LogP contribution in [-0.2, 0) is 13.0 Å². The standard InChI is InChI=1S/C26H28N4O3/c1-4-32-21-10-7-18(8-11-21)14-25-27-22-15-20(9-12-24(22)30(25)16-19-5-6-19)29(3)26(31)23-13-17(2)33-28-23/h7-13,15,19H,4-6,14,16H2,1-3H3. The van der Waals surface area contributed by atoms with Crippen molar-refractivity contribution in [1.82, 2.24) is 14.7 Å². The summed E-state index contributed by atoms with van der Waals surface area (Å²) in [6.45, 7) is 5.40. The van der Waals surface area contributed by atoms with E-state index in [0.717, 1.165) is 47.2 Å². The van der Waals surface area contributed by atoms with Crippen molar-refractivity contribution in [1.29, 1.82) is 0 Å². The van der Waals surface area contributed by atoms with Gasteiger partial charge in [0.1, 0.15) is 17.3 Å². The average molecular weight is 445 g/mol. The van der Waals surface area contributed by atoms with Crippen LogP contribution in [0.4, 0.5) is 5.69 Å². The molecule has 0 N–H and O–H groups in total. The number of carbonyl (C=O) groups excluding carboxylic acids is 1. The van der Waals surface area contributed by atoms with Gasteiger partial charge < -0.3 is 18.7 Å². The van der Waals surface area contributed by atoms with Gasteiger partial charge in [0, 0.05) is 31.8 Å². The van der Waals surface area contributed by atoms with Crippen LogP contribution in [0.3, 0.4) is 0 Å². The van der Waals surface area contributed by atoms with Crippen LogP contribution < -0.4 is 9.64 Å². The molecular formula is C26H28N4O3. The molecular weight excluding hydrogens is 416 g/mol. The molecule has 7 heteroatoms. The Kier molecular flexibility index (Phi) is 5.62. The lowest BCUT2D eigenvalue weighted by Gasteiger charge is -2.16. The molecule has 0 unspecified atom stereocenters. The first-order chi connectivity index (χ1) is 16.0. The summed E-state index contributed by atoms with van der Waals surface area (Å²) in [5.41, 5.74) is 4.26. The van der Waals surface area contributed by atoms with Crippen LogP contribution in [-0.4, -0.2) is 34.3 Å². The monoisotopic (exact) mass is 444 g/mol. The summed E-state index contributed by atoms with van der Waals surface area (Å²) in [4.78, 5) is 19.4. The molecule has 1 fully saturated rings. The second-order valence-corrected chi connectivity index (χ2v) is 8.70. The largest absolute Gasteiger partial charge is 0.494 e. The van der Waals surface area contributed by atoms with Crippen LogP contribution in [0, 0.1) is 12.8 Å². The predicted molar refractivity (Wildman–Crippen MR) is 127 cm³/mol. The maximum Gasteiger partial charge on any atom is 0.280 e. The van der Waals surface area contributed by atoms with Gasteiger partial charge in [-0.2, -0.15) is 0 Å². The molecule has 5 rings (SSSR count). The van der Waals surface area contributed by atoms with E-state index in [1.54, 1.807) is 24.9 Å². The lowest BCUT2D eigenvalue weighted by molar-refractivity contribution is 0.0984. The van der Waals surface area contributed by atoms with Gasteiger partial charge in [0.2, 0.25) is 0 Å². The average Bonchev–Trinajstić information content (AvgIpc) is 3.44. The summed E-state index contributed by atoms with van der Waals surface area (Å²) in [7, 11) is 1.75. The van der Waals surface area contributed by atoms with Crippen LogP contribution >= 0.6 is 0 Å². The van der Waals surface area contributed by atoms with Crippen molar-refractivity contribution in [3.8, 4) is 5.75 Å². The molecule has 2 heterocycles. The van der Waals surface area contributed by atoms with Crippen molar-refractivity contribution in [3.05, 3.63) is 71.4 Å². The minimum Gasteiger partial charge on any atom is -0.494 e. The molecule has 0 spiro atoms. The number of carbonyl (C=O) groups is 1. The van der Waals surface area contributed by atoms with E-state index in [4.69, 9.17) is 14.2 Å². The number of anilines is 1. The summed E-state index contributed by atoms with van der Waals surface area (Å²) >= 11 is 0. The highest BCUT2D eigenvalue weighted by Gasteiger charge is 2.25. The molecule has 33 heavy (non-hydrogen) atoms. The molecule has 1 aliphatic rings. The van der Waals surface area contributed by atoms with Crippen LogP contribution in [0.5, 0.6) is 5.75 Å². The van der Waals surface area contributed by atoms with Gasteiger partial charge >= 0.3 is 0 Å². The number of aromatic nitrogens is 3. The molecule has 2 aromatic carbocycles. The summed E-state index contributed by atoms with van der Waals surface area (Å²) < 4.78 is 13.0. The quantitative estimate of drug-likeness (QED) is 0.382. The minimum atomic E-state index is -0.210. The predicted octanol–water partition coefficient (Wildman–Crippen LogP) is 5.01. The Morgan fingerprint density at radius 2 is 1.97 bits per heavy atom. The Bertz CT molecular complexity index is 1280. The zero-order valence-corrected chi connectivity index (χ0v) is 19.2. The highest BCUT2D eigenvalue weighted by molar-refractivity contribution is 6.05. The molecule has 0 bridgehead atoms. The van der Waals surface area contributed by atoms with E-state index in [9.17, 15) is 4.79 Å². The van der Waals surface area contributed by atoms with Crippen molar-refractivity contribution in [2.45, 2.75) is 39.7 Å². The number of ether oxygens (including phenoxy) is 1. The first-order valence-electron chi connectivity index (χ1n) is 11.4. The molecule has 1 amide bonds. The highest BCUT2D eigenvalue weighted by Crippen LogP contribution is 2.33. The number of fused-ring (bicyclic) bond motifs is 1. The second kappa shape index (κ2) is 8.73. The van der Waals surface area contributed by atoms with Crippen molar-refractivity contribution in [2.24, 2.45) is 5.92 Å². The first kappa shape index (κ1) is 21.2. The van der Waals surface area contributed by atoms with Crippen molar-refractivity contribution < 1.29 is 14.1 Å². The second-order valence-electron chi connectivity index (χ2n) is 8.70. The number of hydrogen-bond donors (Lipinski definition) is 0. The Hall–Kier alpha value is -3.61. The molecule has 170 valence electrons. The fourth-order valence-corrected chi connectivity index (χ4v) is 4.08. The van der Waals surface area contributed by atoms with E-state index in [1.807, 2.05) is 31.2 Å². The van der Waals surface area contributed by atoms with Gasteiger partial charge in [0.25, 0.3) is 5.91 Å². The van der Waals surface area contributed by atoms with Crippen LogP contribution in [0.2, 0.25) is 0 Å². The van der Waals surface area contributed by atoms with Gasteiger partial charge in [0.15, 0.2) is 5.69 Å². The summed E-state index contributed by atoms with van der Waals surface area (Å²) in [5.74, 6) is 3.05. The van der Waals surface area contributed by atoms with E-state index in [1.165, 1.54) is 18.4 Å². The molecule has 2 aromatic heterocycles. The molecule has 0 saturated heterocycles. The third-order valence-electron chi connectivity index (χ3n) is 6.08. The van der Waals surface area contributed by atoms with Crippen LogP contribution in [0.15, 0.2) is 53.1 Å². The Morgan fingerprint density at radius 3 is 2.64 bits per heavy atom. The number of imidazole rings is 1. The van der Waals surface area contributed by atoms with Gasteiger partial charge in [-0.15, -0.1) is 0 Å². The first-order valence-corrected chi connectivity index (χ1v) is 11.4. The van der Waals surface area contributed by atoms with E-state index < -0.39 is 0 Å². The normalized spacial score (nSPS) is 13.4. The summed E-state index contributed by atoms with van der Waals surface area (Å²) in [6.07, 6.45) is 3.29. The number of hydrogen-bond acceptors (Lipinski definition) is 5. The topological polar surface area (TPSA) is 73.4 Å². The fraction of sp³-hybridized carbons (Fsp3) is 0.346. The van der Waals surface area contributed by atoms with E-state index in [2.05, 4.69) is 27.9 Å². The molecule has 0 aliphatic heterocycles. The molecule has 1 saturated carbocycles. The third-order valence-corrected chi connectivity index (χ3v) is 6.08. The van der Waals surface area contributed by atoms with Gasteiger partial charge in [-0.25, -0.2) is 4.98 Å². The summed E-state index contributed by atoms with van der Waals surface area (Å²) in [6, 6.07) is 15.9. The molecule has 1 aliphatic carbocycles. The molecule has 4 aromatic rings. The number of aryl methyl sites for hydroxylation is 1. The van der Waals surface area contributed by atoms with E-state index >= 15 is 0 Å². The van der Waals surface area contributed by atoms with Gasteiger partial charge in [0.05, 0.1) is 17.6 Å². The van der Waals surface area contributed by atoms with Crippen molar-refractivity contribution in [3.63, 3.8) is 0 Å². The maximum atomic E-state index is 12.8. The zero-order chi connectivity index (χ0) is 22.9. The molecule has 0 radical (unpaired) electrons. The smallest absolute Gasteiger partial charge is 0.280 e. The number of benzene rings is 2. The number of amides is 1. The molecule has 0 atom stereocenters. The van der Waals surface area contributed by atoms with Crippen molar-refractivity contribution >= 4 is 22.6 Å². The Labute approximate surface area is 193 Å². The third kappa shape index (κ3) is 4.49. The zero-order valence-electron chi connectivity index (χ0n) is 19.2. The van der Waals surface area contributed by atoms with E-state index in [0.29, 0.717) is 18.1 Å². The summed E-state index contributed by atoms with van der Waals surface area (Å²) in [5, 5.41) is 3.85. The van der Waals surface area contributed by atoms with Crippen LogP contribution in [0.25, 0.3) is 11.0 Å². The SMILES string of the molecule is CCOc1ccc(Cc2nc3cc(N(C)C(=O)c4cc(C)on4)ccc3n2CC2CC2)cc1. The van der Waals surface area contributed by atoms with Gasteiger partial charge in [-0.1, -0.05) is 17.3 Å². The van der Waals surface area contributed by atoms with Crippen molar-refractivity contribution in [2.75, 3.05) is 18.6 Å². The van der Waals surface area contributed by atoms with Gasteiger partial charge in [-0.3, -0.25) is 4.79 Å². The lowest BCUT2D eigenvalue weighted by atomic mass is 10.1. The fourth-order valence-electron chi connectivity index (χ4n) is 4.08. The number of rotatable bonds is 8. The van der Waals surface area contributed by atoms with Crippen LogP contribution in [0.1, 0.15) is 47.4 Å². The lowest BCUT2D eigenvalue weighted by Crippen LogP contribution is -2.26. The number of nitrogens with zero attached hydrogens (tertiary/aromatic N) is 4. The van der Waals surface area contributed by atoms with Gasteiger partial charge in [-0.05, 0) is 68.5 Å². The molecule has 7 nitrogen and oxygen atoms in total. The maximum absolute atomic E-state index is 12.8. The van der Waals surface area contributed by atoms with E-state index in [-0.39, 0.29) is 5.91 Å². The Morgan fingerprint density at radius 1 is 1.18 bits per heavy atom. The Balaban J connectivity index is 1.45.